The predicted octanol–water partition coefficient (Wildman–Crippen LogP) is 3.21. The molecule has 5 heteroatoms. The molecule has 3 N–H and O–H groups in total. The zero-order valence-electron chi connectivity index (χ0n) is 11.4. The summed E-state index contributed by atoms with van der Waals surface area (Å²) >= 11 is 0. The summed E-state index contributed by atoms with van der Waals surface area (Å²) in [6, 6.07) is -0.211. The summed E-state index contributed by atoms with van der Waals surface area (Å²) < 4.78 is 39.2. The third-order valence-corrected chi connectivity index (χ3v) is 4.83. The van der Waals surface area contributed by atoms with E-state index in [9.17, 15) is 13.2 Å². The van der Waals surface area contributed by atoms with Crippen LogP contribution in [0, 0.1) is 11.8 Å². The monoisotopic (exact) mass is 278 g/mol. The average molecular weight is 278 g/mol. The second kappa shape index (κ2) is 6.44. The molecular formula is C14H25F3N2. The van der Waals surface area contributed by atoms with E-state index >= 15 is 0 Å². The van der Waals surface area contributed by atoms with Gasteiger partial charge in [-0.2, -0.15) is 13.2 Å². The van der Waals surface area contributed by atoms with Gasteiger partial charge in [0.1, 0.15) is 0 Å². The number of hydrogen-bond donors (Lipinski definition) is 2. The zero-order chi connectivity index (χ0) is 13.9. The number of hydrogen-bond acceptors (Lipinski definition) is 2. The van der Waals surface area contributed by atoms with Gasteiger partial charge in [-0.05, 0) is 38.1 Å². The molecule has 0 spiro atoms. The number of nitrogens with two attached hydrogens (primary N) is 1. The Morgan fingerprint density at radius 1 is 0.895 bits per heavy atom. The molecule has 2 aliphatic carbocycles. The van der Waals surface area contributed by atoms with Gasteiger partial charge >= 0.3 is 6.18 Å². The van der Waals surface area contributed by atoms with Crippen LogP contribution in [0.3, 0.4) is 0 Å². The highest BCUT2D eigenvalue weighted by atomic mass is 19.4. The van der Waals surface area contributed by atoms with Crippen LogP contribution in [0.15, 0.2) is 0 Å². The van der Waals surface area contributed by atoms with Crippen LogP contribution < -0.4 is 11.1 Å². The molecule has 2 rings (SSSR count). The first kappa shape index (κ1) is 15.1. The highest BCUT2D eigenvalue weighted by Crippen LogP contribution is 2.38. The third kappa shape index (κ3) is 3.85. The van der Waals surface area contributed by atoms with Crippen molar-refractivity contribution in [3.63, 3.8) is 0 Å². The van der Waals surface area contributed by atoms with Crippen LogP contribution in [0.4, 0.5) is 13.2 Å². The first-order valence-corrected chi connectivity index (χ1v) is 7.55. The van der Waals surface area contributed by atoms with Crippen molar-refractivity contribution in [1.29, 1.82) is 0 Å². The Kier molecular flexibility index (Phi) is 5.12. The minimum Gasteiger partial charge on any atom is -0.330 e. The van der Waals surface area contributed by atoms with Crippen LogP contribution in [0.2, 0.25) is 0 Å². The van der Waals surface area contributed by atoms with E-state index in [1.807, 2.05) is 0 Å². The molecule has 0 radical (unpaired) electrons. The fourth-order valence-corrected chi connectivity index (χ4v) is 3.71. The van der Waals surface area contributed by atoms with Crippen molar-refractivity contribution in [3.8, 4) is 0 Å². The van der Waals surface area contributed by atoms with E-state index in [0.29, 0.717) is 25.3 Å². The molecule has 19 heavy (non-hydrogen) atoms. The number of rotatable bonds is 3. The molecule has 2 saturated carbocycles. The molecule has 0 heterocycles. The van der Waals surface area contributed by atoms with E-state index in [1.54, 1.807) is 0 Å². The lowest BCUT2D eigenvalue weighted by molar-refractivity contribution is -0.190. The first-order chi connectivity index (χ1) is 9.02. The molecule has 0 aliphatic heterocycles. The van der Waals surface area contributed by atoms with Crippen LogP contribution in [0.1, 0.15) is 51.4 Å². The molecule has 2 aliphatic rings. The number of halogens is 3. The standard InChI is InChI=1S/C14H25F3N2/c15-14(16,17)11-6-2-4-8-13(11)19-12-7-3-1-5-10(12)9-18/h10-13,19H,1-9,18H2. The van der Waals surface area contributed by atoms with E-state index in [0.717, 1.165) is 32.1 Å². The summed E-state index contributed by atoms with van der Waals surface area (Å²) in [6.45, 7) is 0.584. The van der Waals surface area contributed by atoms with Crippen LogP contribution >= 0.6 is 0 Å². The van der Waals surface area contributed by atoms with Gasteiger partial charge in [-0.15, -0.1) is 0 Å². The zero-order valence-corrected chi connectivity index (χ0v) is 11.4. The Balaban J connectivity index is 1.98. The Labute approximate surface area is 113 Å². The predicted molar refractivity (Wildman–Crippen MR) is 69.7 cm³/mol. The number of nitrogens with one attached hydrogen (secondary N) is 1. The Hall–Kier alpha value is -0.290. The van der Waals surface area contributed by atoms with Crippen molar-refractivity contribution in [1.82, 2.24) is 5.32 Å². The maximum atomic E-state index is 13.1. The van der Waals surface area contributed by atoms with Gasteiger partial charge in [0.25, 0.3) is 0 Å². The molecular weight excluding hydrogens is 253 g/mol. The molecule has 0 aromatic heterocycles. The second-order valence-electron chi connectivity index (χ2n) is 6.09. The molecule has 4 unspecified atom stereocenters. The van der Waals surface area contributed by atoms with Crippen LogP contribution in [-0.2, 0) is 0 Å². The van der Waals surface area contributed by atoms with E-state index in [1.165, 1.54) is 0 Å². The molecule has 0 aromatic carbocycles. The van der Waals surface area contributed by atoms with Gasteiger partial charge < -0.3 is 11.1 Å². The lowest BCUT2D eigenvalue weighted by Crippen LogP contribution is -2.53. The molecule has 2 fully saturated rings. The van der Waals surface area contributed by atoms with E-state index in [4.69, 9.17) is 5.73 Å². The topological polar surface area (TPSA) is 38.0 Å². The summed E-state index contributed by atoms with van der Waals surface area (Å²) in [5.41, 5.74) is 5.76. The van der Waals surface area contributed by atoms with Gasteiger partial charge in [0.15, 0.2) is 0 Å². The SMILES string of the molecule is NCC1CCCCC1NC1CCCCC1C(F)(F)F. The fourth-order valence-electron chi connectivity index (χ4n) is 3.71. The molecule has 112 valence electrons. The summed E-state index contributed by atoms with van der Waals surface area (Å²) in [5.74, 6) is -0.814. The summed E-state index contributed by atoms with van der Waals surface area (Å²) in [4.78, 5) is 0. The summed E-state index contributed by atoms with van der Waals surface area (Å²) in [6.07, 6.45) is 2.77. The molecule has 0 aromatic rings. The lowest BCUT2D eigenvalue weighted by Gasteiger charge is -2.40. The lowest BCUT2D eigenvalue weighted by atomic mass is 9.80. The van der Waals surface area contributed by atoms with E-state index < -0.39 is 18.1 Å². The summed E-state index contributed by atoms with van der Waals surface area (Å²) in [5, 5.41) is 3.32. The number of alkyl halides is 3. The van der Waals surface area contributed by atoms with Gasteiger partial charge in [0, 0.05) is 12.1 Å². The highest BCUT2D eigenvalue weighted by Gasteiger charge is 2.46. The Bertz CT molecular complexity index is 280. The van der Waals surface area contributed by atoms with Gasteiger partial charge in [-0.25, -0.2) is 0 Å². The summed E-state index contributed by atoms with van der Waals surface area (Å²) in [7, 11) is 0. The second-order valence-corrected chi connectivity index (χ2v) is 6.09. The van der Waals surface area contributed by atoms with Crippen LogP contribution in [0.25, 0.3) is 0 Å². The minimum atomic E-state index is -4.06. The normalized spacial score (nSPS) is 37.3. The van der Waals surface area contributed by atoms with Gasteiger partial charge in [-0.3, -0.25) is 0 Å². The largest absolute Gasteiger partial charge is 0.393 e. The van der Waals surface area contributed by atoms with Crippen molar-refractivity contribution in [2.75, 3.05) is 6.54 Å². The van der Waals surface area contributed by atoms with Crippen LogP contribution in [0.5, 0.6) is 0 Å². The van der Waals surface area contributed by atoms with Crippen molar-refractivity contribution >= 4 is 0 Å². The van der Waals surface area contributed by atoms with Gasteiger partial charge in [0.05, 0.1) is 5.92 Å². The Morgan fingerprint density at radius 2 is 1.47 bits per heavy atom. The molecule has 0 amide bonds. The third-order valence-electron chi connectivity index (χ3n) is 4.83. The van der Waals surface area contributed by atoms with Crippen molar-refractivity contribution in [2.45, 2.75) is 69.6 Å². The van der Waals surface area contributed by atoms with Gasteiger partial charge in [-0.1, -0.05) is 25.7 Å². The van der Waals surface area contributed by atoms with E-state index in [-0.39, 0.29) is 12.5 Å². The smallest absolute Gasteiger partial charge is 0.330 e. The molecule has 0 bridgehead atoms. The van der Waals surface area contributed by atoms with Crippen LogP contribution in [-0.4, -0.2) is 24.8 Å². The minimum absolute atomic E-state index is 0.187. The van der Waals surface area contributed by atoms with E-state index in [2.05, 4.69) is 5.32 Å². The first-order valence-electron chi connectivity index (χ1n) is 7.55. The quantitative estimate of drug-likeness (QED) is 0.832. The maximum Gasteiger partial charge on any atom is 0.393 e. The highest BCUT2D eigenvalue weighted by molar-refractivity contribution is 4.91. The maximum absolute atomic E-state index is 13.1. The Morgan fingerprint density at radius 3 is 2.11 bits per heavy atom. The van der Waals surface area contributed by atoms with Crippen molar-refractivity contribution < 1.29 is 13.2 Å². The van der Waals surface area contributed by atoms with Crippen molar-refractivity contribution in [3.05, 3.63) is 0 Å². The van der Waals surface area contributed by atoms with Crippen molar-refractivity contribution in [2.24, 2.45) is 17.6 Å². The average Bonchev–Trinajstić information content (AvgIpc) is 2.39. The molecule has 4 atom stereocenters. The molecule has 0 saturated heterocycles. The molecule has 2 nitrogen and oxygen atoms in total. The van der Waals surface area contributed by atoms with Gasteiger partial charge in [0.2, 0.25) is 0 Å². The fraction of sp³-hybridized carbons (Fsp3) is 1.00.